The summed E-state index contributed by atoms with van der Waals surface area (Å²) in [5.74, 6) is -1.77. The van der Waals surface area contributed by atoms with Crippen LogP contribution in [0.25, 0.3) is 0 Å². The van der Waals surface area contributed by atoms with Gasteiger partial charge in [0.2, 0.25) is 0 Å². The molecule has 0 spiro atoms. The number of nitrogens with one attached hydrogen (secondary N) is 1. The van der Waals surface area contributed by atoms with Crippen molar-refractivity contribution in [2.75, 3.05) is 5.32 Å². The van der Waals surface area contributed by atoms with Gasteiger partial charge in [-0.3, -0.25) is 0 Å². The van der Waals surface area contributed by atoms with Gasteiger partial charge in [0.25, 0.3) is 0 Å². The largest absolute Gasteiger partial charge is 0.490 e. The van der Waals surface area contributed by atoms with Crippen LogP contribution in [0.4, 0.5) is 19.0 Å². The number of hydrogen-bond donors (Lipinski definition) is 4. The van der Waals surface area contributed by atoms with Crippen molar-refractivity contribution in [2.45, 2.75) is 18.8 Å². The number of carbonyl (C=O) groups is 1. The second-order valence-electron chi connectivity index (χ2n) is 3.97. The fraction of sp³-hybridized carbons (Fsp3) is 0.300. The third kappa shape index (κ3) is 3.82. The molecular formula is C10H12F3N5O2. The first kappa shape index (κ1) is 15.7. The zero-order valence-electron chi connectivity index (χ0n) is 10.3. The number of nitrogens with zero attached hydrogens (tertiary/aromatic N) is 2. The molecule has 1 aliphatic heterocycles. The summed E-state index contributed by atoms with van der Waals surface area (Å²) in [5, 5.41) is 9.98. The molecule has 0 aliphatic carbocycles. The van der Waals surface area contributed by atoms with Crippen LogP contribution in [0.2, 0.25) is 0 Å². The monoisotopic (exact) mass is 291 g/mol. The first-order valence-electron chi connectivity index (χ1n) is 5.21. The highest BCUT2D eigenvalue weighted by molar-refractivity contribution is 5.94. The van der Waals surface area contributed by atoms with Gasteiger partial charge in [-0.15, -0.1) is 0 Å². The van der Waals surface area contributed by atoms with E-state index in [-0.39, 0.29) is 0 Å². The molecule has 1 aromatic heterocycles. The number of rotatable bonds is 0. The minimum Gasteiger partial charge on any atom is -0.475 e. The van der Waals surface area contributed by atoms with Crippen LogP contribution in [0.3, 0.4) is 0 Å². The molecular weight excluding hydrogens is 279 g/mol. The molecule has 0 radical (unpaired) electrons. The summed E-state index contributed by atoms with van der Waals surface area (Å²) in [7, 11) is 0. The van der Waals surface area contributed by atoms with Gasteiger partial charge in [0.05, 0.1) is 0 Å². The number of aliphatic imine (C=N–C) groups is 1. The first-order valence-corrected chi connectivity index (χ1v) is 5.21. The SMILES string of the molecule is CC1(N)N=C(N)Nc2ncccc21.O=C(O)C(F)(F)F. The molecule has 0 aromatic carbocycles. The lowest BCUT2D eigenvalue weighted by Crippen LogP contribution is -2.41. The van der Waals surface area contributed by atoms with E-state index in [0.717, 1.165) is 5.56 Å². The molecule has 1 aromatic rings. The summed E-state index contributed by atoms with van der Waals surface area (Å²) in [5.41, 5.74) is 11.5. The summed E-state index contributed by atoms with van der Waals surface area (Å²) < 4.78 is 31.7. The Morgan fingerprint density at radius 3 is 2.55 bits per heavy atom. The number of guanidine groups is 1. The van der Waals surface area contributed by atoms with E-state index >= 15 is 0 Å². The lowest BCUT2D eigenvalue weighted by molar-refractivity contribution is -0.192. The molecule has 0 saturated carbocycles. The maximum Gasteiger partial charge on any atom is 0.490 e. The zero-order chi connectivity index (χ0) is 15.6. The van der Waals surface area contributed by atoms with Gasteiger partial charge in [0.1, 0.15) is 11.5 Å². The third-order valence-corrected chi connectivity index (χ3v) is 2.19. The minimum absolute atomic E-state index is 0.302. The van der Waals surface area contributed by atoms with Crippen LogP contribution in [0.5, 0.6) is 0 Å². The van der Waals surface area contributed by atoms with Crippen LogP contribution >= 0.6 is 0 Å². The Kier molecular flexibility index (Phi) is 4.18. The second kappa shape index (κ2) is 5.33. The van der Waals surface area contributed by atoms with E-state index in [9.17, 15) is 13.2 Å². The van der Waals surface area contributed by atoms with Gasteiger partial charge in [0.15, 0.2) is 5.96 Å². The van der Waals surface area contributed by atoms with E-state index in [4.69, 9.17) is 21.4 Å². The van der Waals surface area contributed by atoms with Gasteiger partial charge in [-0.05, 0) is 19.1 Å². The number of pyridine rings is 1. The third-order valence-electron chi connectivity index (χ3n) is 2.19. The normalized spacial score (nSPS) is 20.8. The predicted octanol–water partition coefficient (Wildman–Crippen LogP) is 0.586. The molecule has 1 aliphatic rings. The fourth-order valence-electron chi connectivity index (χ4n) is 1.37. The molecule has 0 bridgehead atoms. The fourth-order valence-corrected chi connectivity index (χ4v) is 1.37. The van der Waals surface area contributed by atoms with Crippen molar-refractivity contribution in [2.24, 2.45) is 16.5 Å². The molecule has 0 saturated heterocycles. The number of fused-ring (bicyclic) bond motifs is 1. The number of aliphatic carboxylic acids is 1. The predicted molar refractivity (Wildman–Crippen MR) is 64.7 cm³/mol. The van der Waals surface area contributed by atoms with E-state index in [1.54, 1.807) is 13.1 Å². The highest BCUT2D eigenvalue weighted by Gasteiger charge is 2.38. The Morgan fingerprint density at radius 1 is 1.50 bits per heavy atom. The number of halogens is 3. The quantitative estimate of drug-likeness (QED) is 0.554. The van der Waals surface area contributed by atoms with E-state index in [2.05, 4.69) is 15.3 Å². The van der Waals surface area contributed by atoms with Crippen LogP contribution in [-0.4, -0.2) is 28.2 Å². The van der Waals surface area contributed by atoms with Gasteiger partial charge < -0.3 is 21.9 Å². The Balaban J connectivity index is 0.000000246. The van der Waals surface area contributed by atoms with Crippen LogP contribution in [0.15, 0.2) is 23.3 Å². The van der Waals surface area contributed by atoms with Gasteiger partial charge in [-0.2, -0.15) is 13.2 Å². The number of hydrogen-bond acceptors (Lipinski definition) is 6. The summed E-state index contributed by atoms with van der Waals surface area (Å²) >= 11 is 0. The lowest BCUT2D eigenvalue weighted by atomic mass is 10.0. The molecule has 2 rings (SSSR count). The van der Waals surface area contributed by atoms with E-state index in [1.165, 1.54) is 0 Å². The average Bonchev–Trinajstić information content (AvgIpc) is 2.27. The number of carboxylic acids is 1. The van der Waals surface area contributed by atoms with Gasteiger partial charge in [0, 0.05) is 11.8 Å². The van der Waals surface area contributed by atoms with Gasteiger partial charge in [-0.25, -0.2) is 14.8 Å². The Morgan fingerprint density at radius 2 is 2.05 bits per heavy atom. The van der Waals surface area contributed by atoms with Crippen LogP contribution in [-0.2, 0) is 10.5 Å². The lowest BCUT2D eigenvalue weighted by Gasteiger charge is -2.27. The molecule has 20 heavy (non-hydrogen) atoms. The van der Waals surface area contributed by atoms with E-state index in [1.807, 2.05) is 12.1 Å². The Bertz CT molecular complexity index is 542. The minimum atomic E-state index is -5.08. The van der Waals surface area contributed by atoms with Crippen LogP contribution < -0.4 is 16.8 Å². The summed E-state index contributed by atoms with van der Waals surface area (Å²) in [6.07, 6.45) is -3.40. The molecule has 1 atom stereocenters. The van der Waals surface area contributed by atoms with Gasteiger partial charge >= 0.3 is 12.1 Å². The number of alkyl halides is 3. The van der Waals surface area contributed by atoms with E-state index in [0.29, 0.717) is 11.8 Å². The molecule has 10 heteroatoms. The van der Waals surface area contributed by atoms with Crippen LogP contribution in [0, 0.1) is 0 Å². The Hall–Kier alpha value is -2.36. The van der Waals surface area contributed by atoms with Crippen molar-refractivity contribution in [1.29, 1.82) is 0 Å². The van der Waals surface area contributed by atoms with Crippen molar-refractivity contribution in [3.05, 3.63) is 23.9 Å². The maximum absolute atomic E-state index is 10.6. The summed E-state index contributed by atoms with van der Waals surface area (Å²) in [6.45, 7) is 1.79. The van der Waals surface area contributed by atoms with Crippen molar-refractivity contribution >= 4 is 17.7 Å². The first-order chi connectivity index (χ1) is 9.04. The van der Waals surface area contributed by atoms with Gasteiger partial charge in [-0.1, -0.05) is 0 Å². The number of aromatic nitrogens is 1. The summed E-state index contributed by atoms with van der Waals surface area (Å²) in [6, 6.07) is 3.70. The molecule has 0 fully saturated rings. The number of carboxylic acid groups (broad SMARTS) is 1. The standard InChI is InChI=1S/C8H11N5.C2HF3O2/c1-8(10)5-3-2-4-11-6(5)12-7(9)13-8;3-2(4,5)1(6)7/h2-4H,10H2,1H3,(H3,9,11,12,13);(H,6,7). The molecule has 7 nitrogen and oxygen atoms in total. The number of anilines is 1. The van der Waals surface area contributed by atoms with Crippen LogP contribution in [0.1, 0.15) is 12.5 Å². The topological polar surface area (TPSA) is 127 Å². The number of nitrogens with two attached hydrogens (primary N) is 2. The van der Waals surface area contributed by atoms with Crippen molar-refractivity contribution in [3.8, 4) is 0 Å². The molecule has 110 valence electrons. The summed E-state index contributed by atoms with van der Waals surface area (Å²) in [4.78, 5) is 17.1. The molecule has 1 unspecified atom stereocenters. The molecule has 0 amide bonds. The van der Waals surface area contributed by atoms with Crippen molar-refractivity contribution in [3.63, 3.8) is 0 Å². The van der Waals surface area contributed by atoms with Crippen molar-refractivity contribution < 1.29 is 23.1 Å². The smallest absolute Gasteiger partial charge is 0.475 e. The maximum atomic E-state index is 10.6. The molecule has 6 N–H and O–H groups in total. The molecule has 2 heterocycles. The zero-order valence-corrected chi connectivity index (χ0v) is 10.3. The highest BCUT2D eigenvalue weighted by atomic mass is 19.4. The average molecular weight is 291 g/mol. The second-order valence-corrected chi connectivity index (χ2v) is 3.97. The Labute approximate surface area is 111 Å². The highest BCUT2D eigenvalue weighted by Crippen LogP contribution is 2.28. The van der Waals surface area contributed by atoms with Crippen molar-refractivity contribution in [1.82, 2.24) is 4.98 Å². The van der Waals surface area contributed by atoms with E-state index < -0.39 is 17.8 Å².